The van der Waals surface area contributed by atoms with Gasteiger partial charge in [-0.3, -0.25) is 4.79 Å². The van der Waals surface area contributed by atoms with E-state index in [4.69, 9.17) is 16.3 Å². The molecule has 4 nitrogen and oxygen atoms in total. The number of hydrogen-bond donors (Lipinski definition) is 1. The fraction of sp³-hybridized carbons (Fsp3) is 0.500. The number of carbonyl (C=O) groups is 1. The number of likely N-dealkylation sites (N-methyl/N-ethyl adjacent to an activating group) is 1. The molecule has 0 saturated carbocycles. The standard InChI is InChI=1S/C14H21ClN2O2/c1-4-17(5-2)9-8-16-14(18)12-7-6-11(15)10-13(12)19-3/h6-7,10H,4-5,8-9H2,1-3H3,(H,16,18). The minimum atomic E-state index is -0.138. The van der Waals surface area contributed by atoms with Crippen molar-refractivity contribution in [1.82, 2.24) is 10.2 Å². The first-order chi connectivity index (χ1) is 9.12. The third-order valence-electron chi connectivity index (χ3n) is 3.02. The second-order valence-corrected chi connectivity index (χ2v) is 4.56. The zero-order valence-corrected chi connectivity index (χ0v) is 12.5. The molecule has 5 heteroatoms. The predicted molar refractivity (Wildman–Crippen MR) is 78.1 cm³/mol. The highest BCUT2D eigenvalue weighted by molar-refractivity contribution is 6.30. The van der Waals surface area contributed by atoms with E-state index >= 15 is 0 Å². The quantitative estimate of drug-likeness (QED) is 0.836. The molecule has 0 aliphatic rings. The number of carbonyl (C=O) groups excluding carboxylic acids is 1. The molecule has 1 N–H and O–H groups in total. The van der Waals surface area contributed by atoms with Crippen molar-refractivity contribution in [3.05, 3.63) is 28.8 Å². The number of rotatable bonds is 7. The molecule has 106 valence electrons. The molecule has 0 spiro atoms. The van der Waals surface area contributed by atoms with Gasteiger partial charge in [0.2, 0.25) is 0 Å². The fourth-order valence-electron chi connectivity index (χ4n) is 1.82. The van der Waals surface area contributed by atoms with Crippen molar-refractivity contribution in [3.63, 3.8) is 0 Å². The molecule has 1 aromatic carbocycles. The van der Waals surface area contributed by atoms with Gasteiger partial charge in [0.05, 0.1) is 12.7 Å². The third-order valence-corrected chi connectivity index (χ3v) is 3.25. The predicted octanol–water partition coefficient (Wildman–Crippen LogP) is 2.42. The van der Waals surface area contributed by atoms with Crippen LogP contribution in [0.1, 0.15) is 24.2 Å². The molecule has 1 rings (SSSR count). The number of ether oxygens (including phenoxy) is 1. The van der Waals surface area contributed by atoms with Gasteiger partial charge in [-0.15, -0.1) is 0 Å². The van der Waals surface area contributed by atoms with Crippen LogP contribution in [0.5, 0.6) is 5.75 Å². The Kier molecular flexibility index (Phi) is 6.67. The van der Waals surface area contributed by atoms with E-state index in [-0.39, 0.29) is 5.91 Å². The zero-order chi connectivity index (χ0) is 14.3. The second kappa shape index (κ2) is 8.02. The minimum Gasteiger partial charge on any atom is -0.496 e. The molecule has 0 saturated heterocycles. The van der Waals surface area contributed by atoms with Crippen molar-refractivity contribution in [3.8, 4) is 5.75 Å². The van der Waals surface area contributed by atoms with Gasteiger partial charge < -0.3 is 15.0 Å². The van der Waals surface area contributed by atoms with Crippen LogP contribution in [-0.2, 0) is 0 Å². The van der Waals surface area contributed by atoms with Crippen molar-refractivity contribution < 1.29 is 9.53 Å². The van der Waals surface area contributed by atoms with E-state index in [1.54, 1.807) is 18.2 Å². The maximum Gasteiger partial charge on any atom is 0.255 e. The molecular formula is C14H21ClN2O2. The molecule has 0 radical (unpaired) electrons. The average Bonchev–Trinajstić information content (AvgIpc) is 2.43. The Hall–Kier alpha value is -1.26. The number of methoxy groups -OCH3 is 1. The summed E-state index contributed by atoms with van der Waals surface area (Å²) in [7, 11) is 1.53. The highest BCUT2D eigenvalue weighted by Gasteiger charge is 2.12. The van der Waals surface area contributed by atoms with Crippen molar-refractivity contribution in [2.75, 3.05) is 33.3 Å². The van der Waals surface area contributed by atoms with Gasteiger partial charge >= 0.3 is 0 Å². The van der Waals surface area contributed by atoms with Crippen LogP contribution in [-0.4, -0.2) is 44.1 Å². The van der Waals surface area contributed by atoms with Crippen LogP contribution < -0.4 is 10.1 Å². The van der Waals surface area contributed by atoms with Gasteiger partial charge in [-0.05, 0) is 31.3 Å². The van der Waals surface area contributed by atoms with E-state index in [2.05, 4.69) is 24.1 Å². The van der Waals surface area contributed by atoms with Gasteiger partial charge in [-0.2, -0.15) is 0 Å². The Morgan fingerprint density at radius 2 is 2.05 bits per heavy atom. The van der Waals surface area contributed by atoms with Gasteiger partial charge in [0.1, 0.15) is 5.75 Å². The maximum atomic E-state index is 12.0. The van der Waals surface area contributed by atoms with Crippen molar-refractivity contribution in [1.29, 1.82) is 0 Å². The molecule has 0 unspecified atom stereocenters. The summed E-state index contributed by atoms with van der Waals surface area (Å²) < 4.78 is 5.16. The van der Waals surface area contributed by atoms with Gasteiger partial charge in [0.25, 0.3) is 5.91 Å². The van der Waals surface area contributed by atoms with E-state index in [1.807, 2.05) is 0 Å². The summed E-state index contributed by atoms with van der Waals surface area (Å²) in [6, 6.07) is 5.00. The monoisotopic (exact) mass is 284 g/mol. The number of amides is 1. The van der Waals surface area contributed by atoms with Crippen molar-refractivity contribution in [2.45, 2.75) is 13.8 Å². The average molecular weight is 285 g/mol. The molecule has 1 amide bonds. The Morgan fingerprint density at radius 3 is 2.63 bits per heavy atom. The summed E-state index contributed by atoms with van der Waals surface area (Å²) in [4.78, 5) is 14.3. The number of hydrogen-bond acceptors (Lipinski definition) is 3. The normalized spacial score (nSPS) is 10.6. The number of nitrogens with zero attached hydrogens (tertiary/aromatic N) is 1. The lowest BCUT2D eigenvalue weighted by Crippen LogP contribution is -2.34. The highest BCUT2D eigenvalue weighted by atomic mass is 35.5. The first-order valence-electron chi connectivity index (χ1n) is 6.46. The van der Waals surface area contributed by atoms with Crippen LogP contribution in [0.25, 0.3) is 0 Å². The van der Waals surface area contributed by atoms with Gasteiger partial charge in [0.15, 0.2) is 0 Å². The van der Waals surface area contributed by atoms with Gasteiger partial charge in [-0.1, -0.05) is 25.4 Å². The first kappa shape index (κ1) is 15.8. The lowest BCUT2D eigenvalue weighted by Gasteiger charge is -2.18. The largest absolute Gasteiger partial charge is 0.496 e. The number of nitrogens with one attached hydrogen (secondary N) is 1. The topological polar surface area (TPSA) is 41.6 Å². The Labute approximate surface area is 119 Å². The smallest absolute Gasteiger partial charge is 0.255 e. The summed E-state index contributed by atoms with van der Waals surface area (Å²) in [5.41, 5.74) is 0.506. The van der Waals surface area contributed by atoms with Gasteiger partial charge in [-0.25, -0.2) is 0 Å². The molecule has 0 aliphatic heterocycles. The molecule has 0 bridgehead atoms. The SMILES string of the molecule is CCN(CC)CCNC(=O)c1ccc(Cl)cc1OC. The van der Waals surface area contributed by atoms with Crippen molar-refractivity contribution >= 4 is 17.5 Å². The third kappa shape index (κ3) is 4.73. The summed E-state index contributed by atoms with van der Waals surface area (Å²) >= 11 is 5.87. The molecule has 0 heterocycles. The molecule has 0 aliphatic carbocycles. The van der Waals surface area contributed by atoms with Crippen LogP contribution in [0.2, 0.25) is 5.02 Å². The fourth-order valence-corrected chi connectivity index (χ4v) is 1.98. The van der Waals surface area contributed by atoms with E-state index in [0.717, 1.165) is 19.6 Å². The Balaban J connectivity index is 2.58. The maximum absolute atomic E-state index is 12.0. The number of halogens is 1. The van der Waals surface area contributed by atoms with E-state index in [0.29, 0.717) is 22.9 Å². The lowest BCUT2D eigenvalue weighted by atomic mass is 10.2. The first-order valence-corrected chi connectivity index (χ1v) is 6.84. The van der Waals surface area contributed by atoms with Gasteiger partial charge in [0, 0.05) is 18.1 Å². The Morgan fingerprint density at radius 1 is 1.37 bits per heavy atom. The van der Waals surface area contributed by atoms with Crippen LogP contribution in [0.3, 0.4) is 0 Å². The van der Waals surface area contributed by atoms with Crippen LogP contribution >= 0.6 is 11.6 Å². The molecule has 1 aromatic rings. The summed E-state index contributed by atoms with van der Waals surface area (Å²) in [5.74, 6) is 0.355. The highest BCUT2D eigenvalue weighted by Crippen LogP contribution is 2.22. The summed E-state index contributed by atoms with van der Waals surface area (Å²) in [6.45, 7) is 7.63. The van der Waals surface area contributed by atoms with Crippen molar-refractivity contribution in [2.24, 2.45) is 0 Å². The van der Waals surface area contributed by atoms with E-state index in [1.165, 1.54) is 7.11 Å². The van der Waals surface area contributed by atoms with E-state index in [9.17, 15) is 4.79 Å². The van der Waals surface area contributed by atoms with Crippen LogP contribution in [0, 0.1) is 0 Å². The second-order valence-electron chi connectivity index (χ2n) is 4.13. The minimum absolute atomic E-state index is 0.138. The molecule has 19 heavy (non-hydrogen) atoms. The molecule has 0 atom stereocenters. The lowest BCUT2D eigenvalue weighted by molar-refractivity contribution is 0.0946. The molecular weight excluding hydrogens is 264 g/mol. The Bertz CT molecular complexity index is 420. The van der Waals surface area contributed by atoms with Crippen LogP contribution in [0.15, 0.2) is 18.2 Å². The van der Waals surface area contributed by atoms with E-state index < -0.39 is 0 Å². The van der Waals surface area contributed by atoms with Crippen LogP contribution in [0.4, 0.5) is 0 Å². The number of benzene rings is 1. The molecule has 0 fully saturated rings. The summed E-state index contributed by atoms with van der Waals surface area (Å²) in [6.07, 6.45) is 0. The zero-order valence-electron chi connectivity index (χ0n) is 11.7. The summed E-state index contributed by atoms with van der Waals surface area (Å²) in [5, 5.41) is 3.44. The molecule has 0 aromatic heterocycles.